The third-order valence-corrected chi connectivity index (χ3v) is 3.11. The van der Waals surface area contributed by atoms with Crippen molar-refractivity contribution in [2.24, 2.45) is 0 Å². The van der Waals surface area contributed by atoms with Crippen molar-refractivity contribution in [2.75, 3.05) is 19.0 Å². The van der Waals surface area contributed by atoms with E-state index in [2.05, 4.69) is 41.3 Å². The van der Waals surface area contributed by atoms with E-state index in [0.717, 1.165) is 35.9 Å². The van der Waals surface area contributed by atoms with Gasteiger partial charge in [-0.25, -0.2) is 9.97 Å². The van der Waals surface area contributed by atoms with Crippen LogP contribution < -0.4 is 5.32 Å². The number of aromatic nitrogens is 2. The van der Waals surface area contributed by atoms with Crippen molar-refractivity contribution < 1.29 is 4.74 Å². The van der Waals surface area contributed by atoms with Gasteiger partial charge in [0.1, 0.15) is 11.9 Å². The number of benzene rings is 1. The van der Waals surface area contributed by atoms with E-state index in [9.17, 15) is 0 Å². The summed E-state index contributed by atoms with van der Waals surface area (Å²) in [5.74, 6) is 1.57. The highest BCUT2D eigenvalue weighted by Crippen LogP contribution is 2.24. The minimum atomic E-state index is -0.0731. The first-order chi connectivity index (χ1) is 9.78. The number of nitrogens with one attached hydrogen (secondary N) is 1. The van der Waals surface area contributed by atoms with Crippen molar-refractivity contribution in [3.8, 4) is 11.3 Å². The second-order valence-electron chi connectivity index (χ2n) is 4.53. The second kappa shape index (κ2) is 7.01. The van der Waals surface area contributed by atoms with Gasteiger partial charge in [0.15, 0.2) is 5.82 Å². The fourth-order valence-corrected chi connectivity index (χ4v) is 2.09. The molecule has 0 aliphatic carbocycles. The molecule has 0 aliphatic heterocycles. The normalized spacial score (nSPS) is 12.2. The number of methoxy groups -OCH3 is 1. The van der Waals surface area contributed by atoms with E-state index in [4.69, 9.17) is 4.74 Å². The molecule has 1 heterocycles. The van der Waals surface area contributed by atoms with E-state index in [0.29, 0.717) is 0 Å². The summed E-state index contributed by atoms with van der Waals surface area (Å²) in [6.45, 7) is 4.95. The molecule has 0 aliphatic rings. The molecule has 0 bridgehead atoms. The lowest BCUT2D eigenvalue weighted by atomic mass is 10.1. The van der Waals surface area contributed by atoms with Gasteiger partial charge in [-0.1, -0.05) is 37.3 Å². The van der Waals surface area contributed by atoms with Gasteiger partial charge in [0.25, 0.3) is 0 Å². The fourth-order valence-electron chi connectivity index (χ4n) is 2.09. The van der Waals surface area contributed by atoms with Crippen molar-refractivity contribution >= 4 is 5.82 Å². The molecule has 20 heavy (non-hydrogen) atoms. The minimum Gasteiger partial charge on any atom is -0.373 e. The van der Waals surface area contributed by atoms with Crippen LogP contribution in [0.3, 0.4) is 0 Å². The lowest BCUT2D eigenvalue weighted by Crippen LogP contribution is -2.09. The van der Waals surface area contributed by atoms with Gasteiger partial charge in [0.05, 0.1) is 5.69 Å². The van der Waals surface area contributed by atoms with Crippen LogP contribution >= 0.6 is 0 Å². The van der Waals surface area contributed by atoms with Gasteiger partial charge in [-0.15, -0.1) is 0 Å². The van der Waals surface area contributed by atoms with Gasteiger partial charge in [-0.2, -0.15) is 0 Å². The molecule has 106 valence electrons. The highest BCUT2D eigenvalue weighted by atomic mass is 16.5. The van der Waals surface area contributed by atoms with Gasteiger partial charge in [-0.05, 0) is 13.3 Å². The van der Waals surface area contributed by atoms with Crippen LogP contribution in [0.1, 0.15) is 32.2 Å². The van der Waals surface area contributed by atoms with Crippen molar-refractivity contribution in [3.05, 3.63) is 42.2 Å². The highest BCUT2D eigenvalue weighted by molar-refractivity contribution is 5.62. The summed E-state index contributed by atoms with van der Waals surface area (Å²) < 4.78 is 5.46. The first-order valence-corrected chi connectivity index (χ1v) is 6.99. The third kappa shape index (κ3) is 3.33. The summed E-state index contributed by atoms with van der Waals surface area (Å²) in [4.78, 5) is 9.20. The van der Waals surface area contributed by atoms with Crippen LogP contribution in [0, 0.1) is 0 Å². The average Bonchev–Trinajstić information content (AvgIpc) is 2.50. The van der Waals surface area contributed by atoms with Gasteiger partial charge in [-0.3, -0.25) is 0 Å². The Kier molecular flexibility index (Phi) is 5.07. The number of hydrogen-bond donors (Lipinski definition) is 1. The van der Waals surface area contributed by atoms with Crippen molar-refractivity contribution in [2.45, 2.75) is 26.4 Å². The van der Waals surface area contributed by atoms with Crippen molar-refractivity contribution in [3.63, 3.8) is 0 Å². The van der Waals surface area contributed by atoms with Crippen LogP contribution in [-0.2, 0) is 4.74 Å². The number of hydrogen-bond acceptors (Lipinski definition) is 4. The molecular formula is C16H21N3O. The average molecular weight is 271 g/mol. The zero-order valence-corrected chi connectivity index (χ0v) is 12.3. The summed E-state index contributed by atoms with van der Waals surface area (Å²) in [5.41, 5.74) is 2.00. The van der Waals surface area contributed by atoms with E-state index in [1.54, 1.807) is 7.11 Å². The second-order valence-corrected chi connectivity index (χ2v) is 4.53. The van der Waals surface area contributed by atoms with E-state index >= 15 is 0 Å². The van der Waals surface area contributed by atoms with Crippen LogP contribution in [0.25, 0.3) is 11.3 Å². The molecular weight excluding hydrogens is 250 g/mol. The maximum Gasteiger partial charge on any atom is 0.160 e. The Bertz CT molecular complexity index is 539. The maximum atomic E-state index is 5.46. The number of rotatable bonds is 6. The molecule has 1 N–H and O–H groups in total. The minimum absolute atomic E-state index is 0.0731. The highest BCUT2D eigenvalue weighted by Gasteiger charge is 2.14. The number of anilines is 1. The van der Waals surface area contributed by atoms with Crippen LogP contribution in [0.15, 0.2) is 36.4 Å². The molecule has 1 aromatic carbocycles. The zero-order valence-electron chi connectivity index (χ0n) is 12.3. The van der Waals surface area contributed by atoms with E-state index < -0.39 is 0 Å². The summed E-state index contributed by atoms with van der Waals surface area (Å²) in [6, 6.07) is 12.1. The topological polar surface area (TPSA) is 47.0 Å². The molecule has 1 atom stereocenters. The lowest BCUT2D eigenvalue weighted by Gasteiger charge is -2.15. The fraction of sp³-hybridized carbons (Fsp3) is 0.375. The summed E-state index contributed by atoms with van der Waals surface area (Å²) in [7, 11) is 1.69. The van der Waals surface area contributed by atoms with E-state index in [1.165, 1.54) is 0 Å². The molecule has 0 saturated carbocycles. The molecule has 1 aromatic heterocycles. The molecule has 0 amide bonds. The monoisotopic (exact) mass is 271 g/mol. The molecule has 0 fully saturated rings. The lowest BCUT2D eigenvalue weighted by molar-refractivity contribution is 0.0928. The number of ether oxygens (including phenoxy) is 1. The standard InChI is InChI=1S/C16H21N3O/c1-4-14(20-3)16-18-13(11-15(19-16)17-5-2)12-9-7-6-8-10-12/h6-11,14H,4-5H2,1-3H3,(H,17,18,19). The largest absolute Gasteiger partial charge is 0.373 e. The zero-order chi connectivity index (χ0) is 14.4. The van der Waals surface area contributed by atoms with Gasteiger partial charge in [0, 0.05) is 25.3 Å². The van der Waals surface area contributed by atoms with Gasteiger partial charge in [0.2, 0.25) is 0 Å². The first kappa shape index (κ1) is 14.5. The van der Waals surface area contributed by atoms with Gasteiger partial charge < -0.3 is 10.1 Å². The Morgan fingerprint density at radius 1 is 1.15 bits per heavy atom. The Morgan fingerprint density at radius 3 is 2.50 bits per heavy atom. The predicted molar refractivity (Wildman–Crippen MR) is 81.7 cm³/mol. The van der Waals surface area contributed by atoms with Crippen LogP contribution in [-0.4, -0.2) is 23.6 Å². The third-order valence-electron chi connectivity index (χ3n) is 3.11. The van der Waals surface area contributed by atoms with Crippen molar-refractivity contribution in [1.29, 1.82) is 0 Å². The Morgan fingerprint density at radius 2 is 1.90 bits per heavy atom. The van der Waals surface area contributed by atoms with Crippen LogP contribution in [0.2, 0.25) is 0 Å². The van der Waals surface area contributed by atoms with E-state index in [-0.39, 0.29) is 6.10 Å². The Labute approximate surface area is 120 Å². The molecule has 2 aromatic rings. The SMILES string of the molecule is CCNc1cc(-c2ccccc2)nc(C(CC)OC)n1. The molecule has 0 saturated heterocycles. The number of nitrogens with zero attached hydrogens (tertiary/aromatic N) is 2. The van der Waals surface area contributed by atoms with E-state index in [1.807, 2.05) is 24.3 Å². The van der Waals surface area contributed by atoms with Crippen molar-refractivity contribution in [1.82, 2.24) is 9.97 Å². The Balaban J connectivity index is 2.46. The molecule has 0 radical (unpaired) electrons. The maximum absolute atomic E-state index is 5.46. The predicted octanol–water partition coefficient (Wildman–Crippen LogP) is 3.67. The molecule has 4 heteroatoms. The summed E-state index contributed by atoms with van der Waals surface area (Å²) in [5, 5.41) is 3.25. The quantitative estimate of drug-likeness (QED) is 0.870. The Hall–Kier alpha value is -1.94. The molecule has 1 unspecified atom stereocenters. The summed E-state index contributed by atoms with van der Waals surface area (Å²) >= 11 is 0. The molecule has 0 spiro atoms. The summed E-state index contributed by atoms with van der Waals surface area (Å²) in [6.07, 6.45) is 0.774. The van der Waals surface area contributed by atoms with Crippen LogP contribution in [0.5, 0.6) is 0 Å². The molecule has 2 rings (SSSR count). The smallest absolute Gasteiger partial charge is 0.160 e. The van der Waals surface area contributed by atoms with Gasteiger partial charge >= 0.3 is 0 Å². The first-order valence-electron chi connectivity index (χ1n) is 6.99. The van der Waals surface area contributed by atoms with Crippen LogP contribution in [0.4, 0.5) is 5.82 Å². The molecule has 4 nitrogen and oxygen atoms in total.